The first-order chi connectivity index (χ1) is 9.10. The molecule has 2 nitrogen and oxygen atoms in total. The first-order valence-corrected chi connectivity index (χ1v) is 7.73. The lowest BCUT2D eigenvalue weighted by molar-refractivity contribution is 0.786. The van der Waals surface area contributed by atoms with E-state index in [0.717, 1.165) is 20.2 Å². The average molecular weight is 405 g/mol. The van der Waals surface area contributed by atoms with Gasteiger partial charge in [-0.3, -0.25) is 0 Å². The van der Waals surface area contributed by atoms with E-state index in [-0.39, 0.29) is 6.04 Å². The molecule has 2 rings (SSSR count). The molecule has 0 heterocycles. The summed E-state index contributed by atoms with van der Waals surface area (Å²) >= 11 is 13.0. The Balaban J connectivity index is 2.24. The quantitative estimate of drug-likeness (QED) is 0.754. The Bertz CT molecular complexity index is 558. The predicted octanol–water partition coefficient (Wildman–Crippen LogP) is 4.98. The summed E-state index contributed by atoms with van der Waals surface area (Å²) in [5, 5.41) is 4.11. The minimum Gasteiger partial charge on any atom is -0.377 e. The largest absolute Gasteiger partial charge is 0.377 e. The van der Waals surface area contributed by atoms with Crippen molar-refractivity contribution in [2.75, 3.05) is 11.9 Å². The van der Waals surface area contributed by atoms with Gasteiger partial charge in [0.2, 0.25) is 0 Å². The van der Waals surface area contributed by atoms with Gasteiger partial charge in [-0.2, -0.15) is 0 Å². The van der Waals surface area contributed by atoms with E-state index in [1.165, 1.54) is 0 Å². The third kappa shape index (κ3) is 3.96. The molecule has 0 aliphatic heterocycles. The zero-order chi connectivity index (χ0) is 13.8. The summed E-state index contributed by atoms with van der Waals surface area (Å²) in [7, 11) is 0. The second-order valence-corrected chi connectivity index (χ2v) is 6.31. The Morgan fingerprint density at radius 2 is 1.79 bits per heavy atom. The van der Waals surface area contributed by atoms with Crippen molar-refractivity contribution in [3.05, 3.63) is 62.0 Å². The molecule has 0 saturated carbocycles. The molecule has 5 heteroatoms. The molecular weight excluding hydrogens is 391 g/mol. The van der Waals surface area contributed by atoms with Gasteiger partial charge in [-0.25, -0.2) is 0 Å². The van der Waals surface area contributed by atoms with Crippen molar-refractivity contribution in [2.24, 2.45) is 5.73 Å². The normalized spacial score (nSPS) is 12.2. The highest BCUT2D eigenvalue weighted by molar-refractivity contribution is 9.10. The van der Waals surface area contributed by atoms with Crippen LogP contribution in [0.15, 0.2) is 51.4 Å². The molecule has 1 atom stereocenters. The van der Waals surface area contributed by atoms with E-state index in [1.54, 1.807) is 0 Å². The maximum absolute atomic E-state index is 6.05. The van der Waals surface area contributed by atoms with Crippen molar-refractivity contribution >= 4 is 49.1 Å². The molecule has 0 saturated heterocycles. The minimum atomic E-state index is 0.00857. The SMILES string of the molecule is NCC(Nc1ccc(Br)cc1)c1cc(Cl)ccc1Br. The average Bonchev–Trinajstić information content (AvgIpc) is 2.41. The number of benzene rings is 2. The third-order valence-electron chi connectivity index (χ3n) is 2.75. The van der Waals surface area contributed by atoms with E-state index in [9.17, 15) is 0 Å². The van der Waals surface area contributed by atoms with E-state index in [1.807, 2.05) is 42.5 Å². The molecule has 1 unspecified atom stereocenters. The summed E-state index contributed by atoms with van der Waals surface area (Å²) in [6, 6.07) is 13.7. The second-order valence-electron chi connectivity index (χ2n) is 4.11. The van der Waals surface area contributed by atoms with Crippen LogP contribution in [0.1, 0.15) is 11.6 Å². The van der Waals surface area contributed by atoms with Gasteiger partial charge in [0, 0.05) is 26.2 Å². The number of nitrogens with two attached hydrogens (primary N) is 1. The zero-order valence-electron chi connectivity index (χ0n) is 10.0. The monoisotopic (exact) mass is 402 g/mol. The van der Waals surface area contributed by atoms with E-state index < -0.39 is 0 Å². The molecule has 0 amide bonds. The summed E-state index contributed by atoms with van der Waals surface area (Å²) in [5.41, 5.74) is 7.94. The number of hydrogen-bond acceptors (Lipinski definition) is 2. The molecule has 2 aromatic carbocycles. The van der Waals surface area contributed by atoms with Gasteiger partial charge in [-0.15, -0.1) is 0 Å². The third-order valence-corrected chi connectivity index (χ3v) is 4.24. The van der Waals surface area contributed by atoms with Crippen LogP contribution in [0.3, 0.4) is 0 Å². The summed E-state index contributed by atoms with van der Waals surface area (Å²) in [4.78, 5) is 0. The van der Waals surface area contributed by atoms with Crippen LogP contribution >= 0.6 is 43.5 Å². The van der Waals surface area contributed by atoms with Gasteiger partial charge in [-0.1, -0.05) is 43.5 Å². The zero-order valence-corrected chi connectivity index (χ0v) is 14.0. The second kappa shape index (κ2) is 6.75. The maximum Gasteiger partial charge on any atom is 0.0647 e. The van der Waals surface area contributed by atoms with Gasteiger partial charge in [0.05, 0.1) is 6.04 Å². The van der Waals surface area contributed by atoms with Crippen molar-refractivity contribution in [2.45, 2.75) is 6.04 Å². The molecular formula is C14H13Br2ClN2. The highest BCUT2D eigenvalue weighted by atomic mass is 79.9. The Kier molecular flexibility index (Phi) is 5.28. The summed E-state index contributed by atoms with van der Waals surface area (Å²) in [5.74, 6) is 0. The number of hydrogen-bond donors (Lipinski definition) is 2. The first kappa shape index (κ1) is 14.9. The molecule has 0 aromatic heterocycles. The van der Waals surface area contributed by atoms with Crippen LogP contribution in [-0.2, 0) is 0 Å². The maximum atomic E-state index is 6.05. The molecule has 0 aliphatic carbocycles. The lowest BCUT2D eigenvalue weighted by atomic mass is 10.1. The van der Waals surface area contributed by atoms with Gasteiger partial charge in [-0.05, 0) is 48.0 Å². The smallest absolute Gasteiger partial charge is 0.0647 e. The van der Waals surface area contributed by atoms with Gasteiger partial charge in [0.1, 0.15) is 0 Å². The fraction of sp³-hybridized carbons (Fsp3) is 0.143. The standard InChI is InChI=1S/C14H13Br2ClN2/c15-9-1-4-11(5-2-9)19-14(8-18)12-7-10(17)3-6-13(12)16/h1-7,14,19H,8,18H2. The highest BCUT2D eigenvalue weighted by Crippen LogP contribution is 2.29. The Morgan fingerprint density at radius 1 is 1.11 bits per heavy atom. The fourth-order valence-electron chi connectivity index (χ4n) is 1.79. The summed E-state index contributed by atoms with van der Waals surface area (Å²) in [6.07, 6.45) is 0. The molecule has 3 N–H and O–H groups in total. The number of anilines is 1. The van der Waals surface area contributed by atoms with Gasteiger partial charge < -0.3 is 11.1 Å². The molecule has 0 bridgehead atoms. The molecule has 19 heavy (non-hydrogen) atoms. The van der Waals surface area contributed by atoms with Crippen LogP contribution in [0.4, 0.5) is 5.69 Å². The van der Waals surface area contributed by atoms with Gasteiger partial charge in [0.15, 0.2) is 0 Å². The van der Waals surface area contributed by atoms with Crippen molar-refractivity contribution < 1.29 is 0 Å². The van der Waals surface area contributed by atoms with Crippen molar-refractivity contribution in [1.29, 1.82) is 0 Å². The molecule has 0 radical (unpaired) electrons. The molecule has 0 spiro atoms. The Hall–Kier alpha value is -0.550. The van der Waals surface area contributed by atoms with Crippen LogP contribution in [0.5, 0.6) is 0 Å². The van der Waals surface area contributed by atoms with Crippen LogP contribution in [0.2, 0.25) is 5.02 Å². The Morgan fingerprint density at radius 3 is 2.42 bits per heavy atom. The molecule has 2 aromatic rings. The molecule has 0 fully saturated rings. The number of halogens is 3. The van der Waals surface area contributed by atoms with Crippen LogP contribution in [0.25, 0.3) is 0 Å². The van der Waals surface area contributed by atoms with E-state index in [4.69, 9.17) is 17.3 Å². The Labute approximate surface area is 134 Å². The predicted molar refractivity (Wildman–Crippen MR) is 88.7 cm³/mol. The summed E-state index contributed by atoms with van der Waals surface area (Å²) < 4.78 is 2.04. The van der Waals surface area contributed by atoms with Crippen LogP contribution in [-0.4, -0.2) is 6.54 Å². The van der Waals surface area contributed by atoms with Crippen molar-refractivity contribution in [3.8, 4) is 0 Å². The van der Waals surface area contributed by atoms with Crippen LogP contribution in [0, 0.1) is 0 Å². The van der Waals surface area contributed by atoms with Crippen LogP contribution < -0.4 is 11.1 Å². The lowest BCUT2D eigenvalue weighted by Crippen LogP contribution is -2.21. The summed E-state index contributed by atoms with van der Waals surface area (Å²) in [6.45, 7) is 0.481. The highest BCUT2D eigenvalue weighted by Gasteiger charge is 2.13. The van der Waals surface area contributed by atoms with Crippen molar-refractivity contribution in [3.63, 3.8) is 0 Å². The van der Waals surface area contributed by atoms with Crippen molar-refractivity contribution in [1.82, 2.24) is 0 Å². The number of nitrogens with one attached hydrogen (secondary N) is 1. The fourth-order valence-corrected chi connectivity index (χ4v) is 2.76. The van der Waals surface area contributed by atoms with Gasteiger partial charge in [0.25, 0.3) is 0 Å². The van der Waals surface area contributed by atoms with E-state index in [2.05, 4.69) is 37.2 Å². The van der Waals surface area contributed by atoms with E-state index in [0.29, 0.717) is 11.6 Å². The van der Waals surface area contributed by atoms with E-state index >= 15 is 0 Å². The minimum absolute atomic E-state index is 0.00857. The molecule has 0 aliphatic rings. The topological polar surface area (TPSA) is 38.0 Å². The number of rotatable bonds is 4. The van der Waals surface area contributed by atoms with Gasteiger partial charge >= 0.3 is 0 Å². The first-order valence-electron chi connectivity index (χ1n) is 5.77. The lowest BCUT2D eigenvalue weighted by Gasteiger charge is -2.20. The molecule has 100 valence electrons.